The van der Waals surface area contributed by atoms with Gasteiger partial charge >= 0.3 is 6.18 Å². The van der Waals surface area contributed by atoms with E-state index in [0.29, 0.717) is 6.42 Å². The zero-order valence-electron chi connectivity index (χ0n) is 14.0. The number of amides is 1. The van der Waals surface area contributed by atoms with E-state index in [-0.39, 0.29) is 36.8 Å². The fourth-order valence-electron chi connectivity index (χ4n) is 2.94. The Morgan fingerprint density at radius 2 is 2.00 bits per heavy atom. The predicted octanol–water partition coefficient (Wildman–Crippen LogP) is 2.03. The van der Waals surface area contributed by atoms with Crippen molar-refractivity contribution in [3.63, 3.8) is 0 Å². The standard InChI is InChI=1S/C17H23F3N2O3/c1-22(16(24)11-2-5-13(21)8-11)9-14(23)10-25-15-6-3-12(4-7-15)17(18,19)20/h3-4,6-7,11,13-14,23H,2,5,8-10,21H2,1H3/t11-,13-,14+/m1/s1. The second kappa shape index (κ2) is 8.05. The average molecular weight is 360 g/mol. The van der Waals surface area contributed by atoms with Crippen molar-refractivity contribution in [2.45, 2.75) is 37.6 Å². The van der Waals surface area contributed by atoms with Crippen LogP contribution < -0.4 is 10.5 Å². The number of rotatable bonds is 6. The van der Waals surface area contributed by atoms with Gasteiger partial charge in [-0.3, -0.25) is 4.79 Å². The zero-order valence-corrected chi connectivity index (χ0v) is 14.0. The van der Waals surface area contributed by atoms with E-state index in [9.17, 15) is 23.1 Å². The summed E-state index contributed by atoms with van der Waals surface area (Å²) in [6, 6.07) is 4.28. The Balaban J connectivity index is 1.78. The molecule has 3 atom stereocenters. The van der Waals surface area contributed by atoms with E-state index in [1.807, 2.05) is 0 Å². The van der Waals surface area contributed by atoms with Gasteiger partial charge in [-0.15, -0.1) is 0 Å². The SMILES string of the molecule is CN(C[C@H](O)COc1ccc(C(F)(F)F)cc1)C(=O)[C@@H]1CC[C@@H](N)C1. The summed E-state index contributed by atoms with van der Waals surface area (Å²) in [5.41, 5.74) is 5.04. The second-order valence-electron chi connectivity index (χ2n) is 6.48. The molecule has 0 radical (unpaired) electrons. The topological polar surface area (TPSA) is 75.8 Å². The van der Waals surface area contributed by atoms with Gasteiger partial charge in [-0.05, 0) is 43.5 Å². The molecule has 0 spiro atoms. The Morgan fingerprint density at radius 1 is 1.36 bits per heavy atom. The molecule has 140 valence electrons. The third-order valence-electron chi connectivity index (χ3n) is 4.31. The van der Waals surface area contributed by atoms with Crippen molar-refractivity contribution in [2.24, 2.45) is 11.7 Å². The molecule has 5 nitrogen and oxygen atoms in total. The molecule has 1 amide bonds. The molecule has 1 aliphatic carbocycles. The number of carbonyl (C=O) groups is 1. The first kappa shape index (κ1) is 19.5. The number of likely N-dealkylation sites (N-methyl/N-ethyl adjacent to an activating group) is 1. The number of aliphatic hydroxyl groups excluding tert-OH is 1. The van der Waals surface area contributed by atoms with Gasteiger partial charge in [-0.2, -0.15) is 13.2 Å². The Bertz CT molecular complexity index is 577. The Labute approximate surface area is 144 Å². The lowest BCUT2D eigenvalue weighted by Crippen LogP contribution is -2.39. The predicted molar refractivity (Wildman–Crippen MR) is 85.9 cm³/mol. The maximum atomic E-state index is 12.5. The lowest BCUT2D eigenvalue weighted by Gasteiger charge is -2.24. The third-order valence-corrected chi connectivity index (χ3v) is 4.31. The maximum Gasteiger partial charge on any atom is 0.416 e. The molecule has 2 rings (SSSR count). The van der Waals surface area contributed by atoms with E-state index in [0.717, 1.165) is 25.0 Å². The van der Waals surface area contributed by atoms with Crippen LogP contribution in [0.3, 0.4) is 0 Å². The molecule has 3 N–H and O–H groups in total. The molecule has 1 saturated carbocycles. The molecule has 0 aliphatic heterocycles. The molecule has 25 heavy (non-hydrogen) atoms. The summed E-state index contributed by atoms with van der Waals surface area (Å²) in [4.78, 5) is 13.7. The van der Waals surface area contributed by atoms with Crippen molar-refractivity contribution < 1.29 is 27.8 Å². The molecular weight excluding hydrogens is 337 g/mol. The highest BCUT2D eigenvalue weighted by molar-refractivity contribution is 5.79. The number of nitrogens with zero attached hydrogens (tertiary/aromatic N) is 1. The van der Waals surface area contributed by atoms with Crippen molar-refractivity contribution in [3.8, 4) is 5.75 Å². The molecule has 0 heterocycles. The van der Waals surface area contributed by atoms with E-state index in [1.54, 1.807) is 7.05 Å². The van der Waals surface area contributed by atoms with E-state index in [2.05, 4.69) is 0 Å². The van der Waals surface area contributed by atoms with Gasteiger partial charge in [0, 0.05) is 25.6 Å². The number of hydrogen-bond acceptors (Lipinski definition) is 4. The Kier molecular flexibility index (Phi) is 6.29. The summed E-state index contributed by atoms with van der Waals surface area (Å²) in [6.45, 7) is -0.0294. The zero-order chi connectivity index (χ0) is 18.6. The third kappa shape index (κ3) is 5.61. The number of benzene rings is 1. The van der Waals surface area contributed by atoms with E-state index in [4.69, 9.17) is 10.5 Å². The van der Waals surface area contributed by atoms with Crippen LogP contribution >= 0.6 is 0 Å². The van der Waals surface area contributed by atoms with Crippen molar-refractivity contribution in [3.05, 3.63) is 29.8 Å². The second-order valence-corrected chi connectivity index (χ2v) is 6.48. The number of hydrogen-bond donors (Lipinski definition) is 2. The van der Waals surface area contributed by atoms with Crippen LogP contribution in [-0.4, -0.2) is 48.3 Å². The van der Waals surface area contributed by atoms with Gasteiger partial charge in [-0.25, -0.2) is 0 Å². The molecule has 8 heteroatoms. The largest absolute Gasteiger partial charge is 0.491 e. The minimum Gasteiger partial charge on any atom is -0.491 e. The summed E-state index contributed by atoms with van der Waals surface area (Å²) in [5, 5.41) is 9.98. The van der Waals surface area contributed by atoms with Crippen LogP contribution in [-0.2, 0) is 11.0 Å². The lowest BCUT2D eigenvalue weighted by atomic mass is 10.1. The number of nitrogens with two attached hydrogens (primary N) is 1. The molecule has 0 aromatic heterocycles. The van der Waals surface area contributed by atoms with E-state index >= 15 is 0 Å². The minimum atomic E-state index is -4.40. The highest BCUT2D eigenvalue weighted by Crippen LogP contribution is 2.30. The van der Waals surface area contributed by atoms with Crippen molar-refractivity contribution in [1.29, 1.82) is 0 Å². The fraction of sp³-hybridized carbons (Fsp3) is 0.588. The molecule has 0 bridgehead atoms. The highest BCUT2D eigenvalue weighted by Gasteiger charge is 2.31. The van der Waals surface area contributed by atoms with Gasteiger partial charge in [0.15, 0.2) is 0 Å². The molecule has 1 aliphatic rings. The number of ether oxygens (including phenoxy) is 1. The van der Waals surface area contributed by atoms with Crippen LogP contribution in [0.1, 0.15) is 24.8 Å². The van der Waals surface area contributed by atoms with Gasteiger partial charge in [0.25, 0.3) is 0 Å². The van der Waals surface area contributed by atoms with Crippen molar-refractivity contribution in [2.75, 3.05) is 20.2 Å². The highest BCUT2D eigenvalue weighted by atomic mass is 19.4. The van der Waals surface area contributed by atoms with Crippen LogP contribution in [0, 0.1) is 5.92 Å². The molecule has 0 unspecified atom stereocenters. The van der Waals surface area contributed by atoms with E-state index in [1.165, 1.54) is 17.0 Å². The average Bonchev–Trinajstić information content (AvgIpc) is 2.98. The van der Waals surface area contributed by atoms with Crippen molar-refractivity contribution in [1.82, 2.24) is 4.90 Å². The number of alkyl halides is 3. The summed E-state index contributed by atoms with van der Waals surface area (Å²) in [7, 11) is 1.60. The minimum absolute atomic E-state index is 0.0512. The van der Waals surface area contributed by atoms with Gasteiger partial charge in [-0.1, -0.05) is 0 Å². The number of aliphatic hydroxyl groups is 1. The fourth-order valence-corrected chi connectivity index (χ4v) is 2.94. The lowest BCUT2D eigenvalue weighted by molar-refractivity contribution is -0.137. The van der Waals surface area contributed by atoms with Crippen LogP contribution in [0.2, 0.25) is 0 Å². The first-order chi connectivity index (χ1) is 11.7. The van der Waals surface area contributed by atoms with Crippen molar-refractivity contribution >= 4 is 5.91 Å². The molecular formula is C17H23F3N2O3. The van der Waals surface area contributed by atoms with Gasteiger partial charge < -0.3 is 20.5 Å². The maximum absolute atomic E-state index is 12.5. The summed E-state index contributed by atoms with van der Waals surface area (Å²) in [5.74, 6) is 0.0624. The van der Waals surface area contributed by atoms with Crippen LogP contribution in [0.15, 0.2) is 24.3 Å². The molecule has 0 saturated heterocycles. The Hall–Kier alpha value is -1.80. The first-order valence-electron chi connectivity index (χ1n) is 8.15. The normalized spacial score (nSPS) is 21.8. The summed E-state index contributed by atoms with van der Waals surface area (Å²) < 4.78 is 42.7. The Morgan fingerprint density at radius 3 is 2.52 bits per heavy atom. The van der Waals surface area contributed by atoms with Gasteiger partial charge in [0.2, 0.25) is 5.91 Å². The quantitative estimate of drug-likeness (QED) is 0.814. The molecule has 1 aromatic carbocycles. The number of halogens is 3. The summed E-state index contributed by atoms with van der Waals surface area (Å²) in [6.07, 6.45) is -3.11. The van der Waals surface area contributed by atoms with Crippen LogP contribution in [0.5, 0.6) is 5.75 Å². The molecule has 1 fully saturated rings. The number of carbonyl (C=O) groups excluding carboxylic acids is 1. The van der Waals surface area contributed by atoms with Gasteiger partial charge in [0.05, 0.1) is 5.56 Å². The first-order valence-corrected chi connectivity index (χ1v) is 8.15. The monoisotopic (exact) mass is 360 g/mol. The van der Waals surface area contributed by atoms with Crippen LogP contribution in [0.25, 0.3) is 0 Å². The van der Waals surface area contributed by atoms with E-state index < -0.39 is 17.8 Å². The van der Waals surface area contributed by atoms with Crippen LogP contribution in [0.4, 0.5) is 13.2 Å². The smallest absolute Gasteiger partial charge is 0.416 e. The summed E-state index contributed by atoms with van der Waals surface area (Å²) >= 11 is 0. The molecule has 1 aromatic rings. The van der Waals surface area contributed by atoms with Gasteiger partial charge in [0.1, 0.15) is 18.5 Å².